The van der Waals surface area contributed by atoms with Crippen molar-refractivity contribution >= 4 is 6.08 Å². The van der Waals surface area contributed by atoms with E-state index in [2.05, 4.69) is 69.3 Å². The summed E-state index contributed by atoms with van der Waals surface area (Å²) in [5.41, 5.74) is 8.82. The van der Waals surface area contributed by atoms with Crippen LogP contribution in [0.15, 0.2) is 48.0 Å². The van der Waals surface area contributed by atoms with E-state index in [9.17, 15) is 0 Å². The number of rotatable bonds is 6. The Hall–Kier alpha value is -0.937. The molecule has 0 heterocycles. The van der Waals surface area contributed by atoms with Gasteiger partial charge in [0, 0.05) is 0 Å². The van der Waals surface area contributed by atoms with Gasteiger partial charge in [0.2, 0.25) is 0 Å². The Bertz CT molecular complexity index is 722. The van der Waals surface area contributed by atoms with E-state index in [1.807, 2.05) is 0 Å². The Balaban J connectivity index is 1.89. The van der Waals surface area contributed by atoms with Gasteiger partial charge in [-0.05, 0) is 0 Å². The van der Waals surface area contributed by atoms with Crippen molar-refractivity contribution in [3.63, 3.8) is 0 Å². The fourth-order valence-electron chi connectivity index (χ4n) is 3.61. The zero-order valence-corrected chi connectivity index (χ0v) is 17.6. The van der Waals surface area contributed by atoms with E-state index in [0.717, 1.165) is 0 Å². The fourth-order valence-corrected chi connectivity index (χ4v) is 5.25. The molecule has 24 heavy (non-hydrogen) atoms. The number of benzene rings is 2. The Morgan fingerprint density at radius 3 is 2.42 bits per heavy atom. The van der Waals surface area contributed by atoms with Crippen LogP contribution in [-0.4, -0.2) is 0 Å². The van der Waals surface area contributed by atoms with Crippen LogP contribution in [0.3, 0.4) is 0 Å². The molecule has 0 radical (unpaired) electrons. The molecular weight excluding hydrogens is 367 g/mol. The van der Waals surface area contributed by atoms with Gasteiger partial charge in [0.15, 0.2) is 0 Å². The van der Waals surface area contributed by atoms with Crippen LogP contribution in [-0.2, 0) is 31.1 Å². The molecule has 1 aliphatic carbocycles. The third-order valence-electron chi connectivity index (χ3n) is 5.10. The third kappa shape index (κ3) is 3.67. The summed E-state index contributed by atoms with van der Waals surface area (Å²) in [5.74, 6) is 0.635. The molecule has 2 aromatic carbocycles. The van der Waals surface area contributed by atoms with Crippen molar-refractivity contribution < 1.29 is 24.7 Å². The summed E-state index contributed by atoms with van der Waals surface area (Å²) in [4.78, 5) is 0. The monoisotopic (exact) mass is 393 g/mol. The molecule has 1 heteroatoms. The quantitative estimate of drug-likeness (QED) is 0.477. The molecule has 0 aliphatic heterocycles. The van der Waals surface area contributed by atoms with E-state index < -0.39 is 0 Å². The predicted octanol–water partition coefficient (Wildman–Crippen LogP) is 6.73. The molecule has 0 N–H and O–H groups in total. The van der Waals surface area contributed by atoms with Crippen molar-refractivity contribution in [1.29, 1.82) is 0 Å². The molecule has 2 aromatic rings. The Morgan fingerprint density at radius 2 is 1.75 bits per heavy atom. The number of hydrogen-bond acceptors (Lipinski definition) is 0. The number of allylic oxidation sites excluding steroid dienone is 1. The molecule has 0 nitrogen and oxygen atoms in total. The summed E-state index contributed by atoms with van der Waals surface area (Å²) in [6.45, 7) is 6.90. The molecule has 1 aliphatic rings. The molecule has 3 rings (SSSR count). The van der Waals surface area contributed by atoms with Gasteiger partial charge in [0.05, 0.1) is 0 Å². The van der Waals surface area contributed by atoms with E-state index in [4.69, 9.17) is 0 Å². The predicted molar refractivity (Wildman–Crippen MR) is 101 cm³/mol. The van der Waals surface area contributed by atoms with E-state index in [1.54, 1.807) is 30.3 Å². The first-order chi connectivity index (χ1) is 11.6. The van der Waals surface area contributed by atoms with Gasteiger partial charge in [-0.15, -0.1) is 0 Å². The molecule has 1 unspecified atom stereocenters. The van der Waals surface area contributed by atoms with Gasteiger partial charge in [0.25, 0.3) is 0 Å². The van der Waals surface area contributed by atoms with Crippen molar-refractivity contribution in [3.05, 3.63) is 64.7 Å². The summed E-state index contributed by atoms with van der Waals surface area (Å²) >= 11 is 1.60. The van der Waals surface area contributed by atoms with Crippen LogP contribution in [0.5, 0.6) is 0 Å². The topological polar surface area (TPSA) is 0 Å². The number of unbranched alkanes of at least 4 members (excludes halogenated alkanes) is 2. The third-order valence-corrected chi connectivity index (χ3v) is 6.68. The van der Waals surface area contributed by atoms with Gasteiger partial charge in [-0.3, -0.25) is 0 Å². The number of hydrogen-bond donors (Lipinski definition) is 0. The van der Waals surface area contributed by atoms with Gasteiger partial charge in [-0.1, -0.05) is 6.92 Å². The summed E-state index contributed by atoms with van der Waals surface area (Å²) in [5, 5.41) is 0. The van der Waals surface area contributed by atoms with E-state index in [1.165, 1.54) is 53.5 Å². The molecule has 0 saturated heterocycles. The Morgan fingerprint density at radius 1 is 1.00 bits per heavy atom. The van der Waals surface area contributed by atoms with Crippen LogP contribution >= 0.6 is 0 Å². The van der Waals surface area contributed by atoms with E-state index in [-0.39, 0.29) is 0 Å². The first kappa shape index (κ1) is 17.9. The van der Waals surface area contributed by atoms with Gasteiger partial charge < -0.3 is 0 Å². The SMILES string of the molecule is CCCCCc1ccc(-c2cccc3c2C=C(C(C)C)[CH]3[Zr])cc1. The van der Waals surface area contributed by atoms with Crippen LogP contribution in [0.2, 0.25) is 0 Å². The summed E-state index contributed by atoms with van der Waals surface area (Å²) < 4.78 is 0.639. The van der Waals surface area contributed by atoms with Crippen molar-refractivity contribution in [2.24, 2.45) is 5.92 Å². The zero-order chi connectivity index (χ0) is 17.1. The van der Waals surface area contributed by atoms with Crippen molar-refractivity contribution in [1.82, 2.24) is 0 Å². The average Bonchev–Trinajstić information content (AvgIpc) is 2.93. The standard InChI is InChI=1S/C23H27.Zr/c1-4-5-6-8-18-11-13-19(14-12-18)22-10-7-9-20-15-21(17(2)3)16-23(20)22;/h7,9-17H,4-6,8H2,1-3H3;. The number of fused-ring (bicyclic) bond motifs is 1. The van der Waals surface area contributed by atoms with Crippen LogP contribution in [0.25, 0.3) is 17.2 Å². The molecule has 1 atom stereocenters. The normalized spacial score (nSPS) is 16.3. The van der Waals surface area contributed by atoms with Gasteiger partial charge in [-0.2, -0.15) is 0 Å². The van der Waals surface area contributed by atoms with E-state index >= 15 is 0 Å². The second kappa shape index (κ2) is 7.96. The second-order valence-corrected chi connectivity index (χ2v) is 8.61. The summed E-state index contributed by atoms with van der Waals surface area (Å²) in [6, 6.07) is 16.1. The molecule has 0 spiro atoms. The van der Waals surface area contributed by atoms with Crippen molar-refractivity contribution in [2.45, 2.75) is 50.1 Å². The number of aryl methyl sites for hydroxylation is 1. The molecule has 123 valence electrons. The maximum absolute atomic E-state index is 2.46. The van der Waals surface area contributed by atoms with Gasteiger partial charge in [-0.25, -0.2) is 0 Å². The average molecular weight is 395 g/mol. The maximum atomic E-state index is 2.46. The molecule has 0 saturated carbocycles. The molecule has 0 aromatic heterocycles. The first-order valence-corrected chi connectivity index (χ1v) is 10.7. The molecule has 0 fully saturated rings. The van der Waals surface area contributed by atoms with E-state index in [0.29, 0.717) is 9.54 Å². The minimum atomic E-state index is 0.635. The van der Waals surface area contributed by atoms with Gasteiger partial charge in [0.1, 0.15) is 0 Å². The van der Waals surface area contributed by atoms with Crippen molar-refractivity contribution in [3.8, 4) is 11.1 Å². The zero-order valence-electron chi connectivity index (χ0n) is 15.1. The van der Waals surface area contributed by atoms with Crippen LogP contribution < -0.4 is 0 Å². The molecule has 0 bridgehead atoms. The summed E-state index contributed by atoms with van der Waals surface area (Å²) in [7, 11) is 0. The summed E-state index contributed by atoms with van der Waals surface area (Å²) in [6.07, 6.45) is 7.59. The van der Waals surface area contributed by atoms with Crippen LogP contribution in [0.1, 0.15) is 60.3 Å². The fraction of sp³-hybridized carbons (Fsp3) is 0.391. The first-order valence-electron chi connectivity index (χ1n) is 9.26. The minimum absolute atomic E-state index is 0.635. The second-order valence-electron chi connectivity index (χ2n) is 7.19. The molecule has 0 amide bonds. The van der Waals surface area contributed by atoms with Crippen LogP contribution in [0, 0.1) is 5.92 Å². The van der Waals surface area contributed by atoms with Crippen LogP contribution in [0.4, 0.5) is 0 Å². The molecular formula is C23H27Zr. The Labute approximate surface area is 162 Å². The van der Waals surface area contributed by atoms with Gasteiger partial charge >= 0.3 is 156 Å². The Kier molecular flexibility index (Phi) is 5.93. The van der Waals surface area contributed by atoms with Crippen molar-refractivity contribution in [2.75, 3.05) is 0 Å².